The van der Waals surface area contributed by atoms with Crippen LogP contribution in [0.25, 0.3) is 0 Å². The fourth-order valence-corrected chi connectivity index (χ4v) is 1.21. The summed E-state index contributed by atoms with van der Waals surface area (Å²) in [5.74, 6) is 0. The predicted molar refractivity (Wildman–Crippen MR) is 49.4 cm³/mol. The second-order valence-electron chi connectivity index (χ2n) is 2.55. The molecule has 0 aromatic heterocycles. The molecule has 1 nitrogen and oxygen atoms in total. The van der Waals surface area contributed by atoms with Crippen LogP contribution in [0.15, 0.2) is 37.1 Å². The van der Waals surface area contributed by atoms with Crippen molar-refractivity contribution in [2.75, 3.05) is 0 Å². The van der Waals surface area contributed by atoms with E-state index in [1.54, 1.807) is 0 Å². The summed E-state index contributed by atoms with van der Waals surface area (Å²) >= 11 is 6.16. The molecule has 11 heavy (non-hydrogen) atoms. The molecule has 0 saturated heterocycles. The van der Waals surface area contributed by atoms with Gasteiger partial charge in [-0.1, -0.05) is 23.8 Å². The molecule has 0 saturated carbocycles. The Morgan fingerprint density at radius 3 is 2.91 bits per heavy atom. The second kappa shape index (κ2) is 3.63. The van der Waals surface area contributed by atoms with Gasteiger partial charge in [0, 0.05) is 0 Å². The number of dihydropyridines is 1. The Balaban J connectivity index is 2.46. The van der Waals surface area contributed by atoms with E-state index in [2.05, 4.69) is 11.9 Å². The smallest absolute Gasteiger partial charge is 0.131 e. The van der Waals surface area contributed by atoms with E-state index in [1.165, 1.54) is 0 Å². The minimum Gasteiger partial charge on any atom is -0.370 e. The molecule has 1 heterocycles. The third-order valence-corrected chi connectivity index (χ3v) is 2.03. The standard InChI is InChI=1S/C9H12ClN/c1-2-3-6-9(10)7-4-5-8-11-9/h2,4-5,7-8,11H,1,3,6H2. The van der Waals surface area contributed by atoms with Gasteiger partial charge in [0.15, 0.2) is 0 Å². The van der Waals surface area contributed by atoms with E-state index in [-0.39, 0.29) is 5.00 Å². The zero-order valence-corrected chi connectivity index (χ0v) is 7.14. The molecule has 2 heteroatoms. The van der Waals surface area contributed by atoms with Gasteiger partial charge < -0.3 is 5.32 Å². The minimum atomic E-state index is -0.386. The number of nitrogens with one attached hydrogen (secondary N) is 1. The van der Waals surface area contributed by atoms with Crippen molar-refractivity contribution >= 4 is 11.6 Å². The molecule has 0 bridgehead atoms. The molecule has 0 aromatic rings. The van der Waals surface area contributed by atoms with Gasteiger partial charge in [0.1, 0.15) is 5.00 Å². The van der Waals surface area contributed by atoms with Crippen LogP contribution in [0.5, 0.6) is 0 Å². The molecule has 1 aliphatic heterocycles. The highest BCUT2D eigenvalue weighted by Gasteiger charge is 2.21. The predicted octanol–water partition coefficient (Wildman–Crippen LogP) is 2.56. The Hall–Kier alpha value is -0.690. The lowest BCUT2D eigenvalue weighted by Crippen LogP contribution is -2.34. The monoisotopic (exact) mass is 169 g/mol. The first-order valence-corrected chi connectivity index (χ1v) is 4.06. The van der Waals surface area contributed by atoms with Crippen LogP contribution >= 0.6 is 11.6 Å². The third-order valence-electron chi connectivity index (χ3n) is 1.60. The number of allylic oxidation sites excluding steroid dienone is 3. The average Bonchev–Trinajstić information content (AvgIpc) is 2.03. The van der Waals surface area contributed by atoms with Gasteiger partial charge in [0.05, 0.1) is 0 Å². The largest absolute Gasteiger partial charge is 0.370 e. The van der Waals surface area contributed by atoms with Crippen LogP contribution in [0.1, 0.15) is 12.8 Å². The van der Waals surface area contributed by atoms with Crippen molar-refractivity contribution in [1.82, 2.24) is 5.32 Å². The fraction of sp³-hybridized carbons (Fsp3) is 0.333. The van der Waals surface area contributed by atoms with E-state index in [0.717, 1.165) is 12.8 Å². The van der Waals surface area contributed by atoms with Crippen molar-refractivity contribution in [3.8, 4) is 0 Å². The van der Waals surface area contributed by atoms with Crippen LogP contribution in [-0.2, 0) is 0 Å². The van der Waals surface area contributed by atoms with Crippen LogP contribution in [0.3, 0.4) is 0 Å². The van der Waals surface area contributed by atoms with Gasteiger partial charge in [-0.15, -0.1) is 6.58 Å². The first-order valence-electron chi connectivity index (χ1n) is 3.69. The van der Waals surface area contributed by atoms with E-state index in [9.17, 15) is 0 Å². The maximum atomic E-state index is 6.16. The number of alkyl halides is 1. The molecule has 1 unspecified atom stereocenters. The van der Waals surface area contributed by atoms with E-state index >= 15 is 0 Å². The van der Waals surface area contributed by atoms with Gasteiger partial charge in [0.25, 0.3) is 0 Å². The van der Waals surface area contributed by atoms with Crippen molar-refractivity contribution in [3.05, 3.63) is 37.1 Å². The molecule has 1 N–H and O–H groups in total. The second-order valence-corrected chi connectivity index (χ2v) is 3.23. The highest BCUT2D eigenvalue weighted by atomic mass is 35.5. The lowest BCUT2D eigenvalue weighted by molar-refractivity contribution is 0.577. The first kappa shape index (κ1) is 8.41. The molecule has 60 valence electrons. The number of hydrogen-bond donors (Lipinski definition) is 1. The van der Waals surface area contributed by atoms with Crippen LogP contribution < -0.4 is 5.32 Å². The molecule has 0 radical (unpaired) electrons. The third kappa shape index (κ3) is 2.43. The molecular formula is C9H12ClN. The van der Waals surface area contributed by atoms with Gasteiger partial charge in [-0.3, -0.25) is 0 Å². The molecule has 1 rings (SSSR count). The molecule has 1 atom stereocenters. The van der Waals surface area contributed by atoms with Crippen LogP contribution in [0.4, 0.5) is 0 Å². The Labute approximate surface area is 72.4 Å². The van der Waals surface area contributed by atoms with Crippen molar-refractivity contribution in [2.24, 2.45) is 0 Å². The summed E-state index contributed by atoms with van der Waals surface area (Å²) in [5.41, 5.74) is 0. The van der Waals surface area contributed by atoms with Crippen molar-refractivity contribution in [2.45, 2.75) is 17.8 Å². The van der Waals surface area contributed by atoms with Crippen molar-refractivity contribution in [1.29, 1.82) is 0 Å². The minimum absolute atomic E-state index is 0.386. The summed E-state index contributed by atoms with van der Waals surface area (Å²) in [6, 6.07) is 0. The zero-order chi connectivity index (χ0) is 8.16. The molecule has 0 amide bonds. The average molecular weight is 170 g/mol. The summed E-state index contributed by atoms with van der Waals surface area (Å²) in [5, 5.41) is 3.08. The number of rotatable bonds is 3. The summed E-state index contributed by atoms with van der Waals surface area (Å²) in [7, 11) is 0. The van der Waals surface area contributed by atoms with Gasteiger partial charge in [-0.05, 0) is 31.2 Å². The van der Waals surface area contributed by atoms with E-state index in [4.69, 9.17) is 11.6 Å². The normalized spacial score (nSPS) is 28.1. The maximum absolute atomic E-state index is 6.16. The molecular weight excluding hydrogens is 158 g/mol. The SMILES string of the molecule is C=CCCC1(Cl)C=CC=CN1. The van der Waals surface area contributed by atoms with Gasteiger partial charge in [0.2, 0.25) is 0 Å². The molecule has 0 aromatic carbocycles. The van der Waals surface area contributed by atoms with E-state index < -0.39 is 0 Å². The summed E-state index contributed by atoms with van der Waals surface area (Å²) in [6.07, 6.45) is 11.4. The molecule has 0 fully saturated rings. The first-order chi connectivity index (χ1) is 5.27. The van der Waals surface area contributed by atoms with Crippen molar-refractivity contribution < 1.29 is 0 Å². The zero-order valence-electron chi connectivity index (χ0n) is 6.39. The van der Waals surface area contributed by atoms with Gasteiger partial charge in [-0.25, -0.2) is 0 Å². The van der Waals surface area contributed by atoms with Crippen LogP contribution in [-0.4, -0.2) is 5.00 Å². The highest BCUT2D eigenvalue weighted by molar-refractivity contribution is 6.25. The quantitative estimate of drug-likeness (QED) is 0.389. The highest BCUT2D eigenvalue weighted by Crippen LogP contribution is 2.22. The molecule has 0 spiro atoms. The Kier molecular flexibility index (Phi) is 2.77. The topological polar surface area (TPSA) is 12.0 Å². The molecule has 1 aliphatic rings. The van der Waals surface area contributed by atoms with E-state index in [1.807, 2.05) is 30.5 Å². The maximum Gasteiger partial charge on any atom is 0.131 e. The lowest BCUT2D eigenvalue weighted by Gasteiger charge is -2.25. The van der Waals surface area contributed by atoms with Gasteiger partial charge >= 0.3 is 0 Å². The summed E-state index contributed by atoms with van der Waals surface area (Å²) < 4.78 is 0. The van der Waals surface area contributed by atoms with Crippen LogP contribution in [0.2, 0.25) is 0 Å². The number of hydrogen-bond acceptors (Lipinski definition) is 1. The fourth-order valence-electron chi connectivity index (χ4n) is 0.966. The molecule has 0 aliphatic carbocycles. The van der Waals surface area contributed by atoms with E-state index in [0.29, 0.717) is 0 Å². The summed E-state index contributed by atoms with van der Waals surface area (Å²) in [6.45, 7) is 3.65. The van der Waals surface area contributed by atoms with Crippen LogP contribution in [0, 0.1) is 0 Å². The number of halogens is 1. The van der Waals surface area contributed by atoms with Crippen molar-refractivity contribution in [3.63, 3.8) is 0 Å². The lowest BCUT2D eigenvalue weighted by atomic mass is 10.1. The van der Waals surface area contributed by atoms with Gasteiger partial charge in [-0.2, -0.15) is 0 Å². The Morgan fingerprint density at radius 1 is 1.55 bits per heavy atom. The Bertz CT molecular complexity index is 196. The summed E-state index contributed by atoms with van der Waals surface area (Å²) in [4.78, 5) is -0.386. The Morgan fingerprint density at radius 2 is 2.36 bits per heavy atom.